The molecule has 0 saturated heterocycles. The molecule has 0 radical (unpaired) electrons. The molecule has 0 aliphatic carbocycles. The standard InChI is InChI=1S/C17H18Cl2N4OS/c1-10-17(25-14-4-2-3-12(18)16(14)19)22-9-15(23-10)21-7-11-5-6-20-8-13(11)24/h2-4,9,20,24H,5-8H2,1H3,(H,21,23). The SMILES string of the molecule is Cc1nc(NCC2=C(O)CNCC2)cnc1Sc1cccc(Cl)c1Cl. The lowest BCUT2D eigenvalue weighted by Crippen LogP contribution is -2.27. The highest BCUT2D eigenvalue weighted by Gasteiger charge is 2.13. The van der Waals surface area contributed by atoms with E-state index in [0.717, 1.165) is 34.2 Å². The maximum Gasteiger partial charge on any atom is 0.145 e. The Balaban J connectivity index is 1.69. The molecule has 0 saturated carbocycles. The molecule has 3 N–H and O–H groups in total. The minimum Gasteiger partial charge on any atom is -0.511 e. The summed E-state index contributed by atoms with van der Waals surface area (Å²) in [5.74, 6) is 1.09. The van der Waals surface area contributed by atoms with Gasteiger partial charge in [0.2, 0.25) is 0 Å². The lowest BCUT2D eigenvalue weighted by Gasteiger charge is -2.18. The summed E-state index contributed by atoms with van der Waals surface area (Å²) in [6.45, 7) is 3.87. The first-order chi connectivity index (χ1) is 12.0. The summed E-state index contributed by atoms with van der Waals surface area (Å²) in [5.41, 5.74) is 1.80. The summed E-state index contributed by atoms with van der Waals surface area (Å²) >= 11 is 13.7. The summed E-state index contributed by atoms with van der Waals surface area (Å²) in [6.07, 6.45) is 2.51. The monoisotopic (exact) mass is 396 g/mol. The Morgan fingerprint density at radius 3 is 2.96 bits per heavy atom. The van der Waals surface area contributed by atoms with E-state index in [1.54, 1.807) is 12.3 Å². The topological polar surface area (TPSA) is 70.1 Å². The molecule has 0 amide bonds. The fourth-order valence-electron chi connectivity index (χ4n) is 2.43. The molecule has 1 aromatic heterocycles. The van der Waals surface area contributed by atoms with Crippen molar-refractivity contribution in [3.05, 3.63) is 51.5 Å². The number of aliphatic hydroxyl groups is 1. The number of hydrogen-bond acceptors (Lipinski definition) is 6. The van der Waals surface area contributed by atoms with E-state index in [2.05, 4.69) is 20.6 Å². The zero-order valence-corrected chi connectivity index (χ0v) is 16.0. The van der Waals surface area contributed by atoms with Crippen LogP contribution in [0.5, 0.6) is 0 Å². The van der Waals surface area contributed by atoms with E-state index in [-0.39, 0.29) is 0 Å². The van der Waals surface area contributed by atoms with Crippen LogP contribution in [0.3, 0.4) is 0 Å². The number of halogens is 2. The van der Waals surface area contributed by atoms with Crippen LogP contribution in [0.1, 0.15) is 12.1 Å². The summed E-state index contributed by atoms with van der Waals surface area (Å²) in [6, 6.07) is 5.51. The molecule has 0 atom stereocenters. The van der Waals surface area contributed by atoms with Crippen LogP contribution in [-0.4, -0.2) is 34.7 Å². The maximum atomic E-state index is 9.87. The Labute approximate surface area is 160 Å². The molecule has 0 spiro atoms. The highest BCUT2D eigenvalue weighted by molar-refractivity contribution is 7.99. The zero-order chi connectivity index (χ0) is 17.8. The van der Waals surface area contributed by atoms with Gasteiger partial charge in [0.25, 0.3) is 0 Å². The van der Waals surface area contributed by atoms with Gasteiger partial charge in [0.15, 0.2) is 0 Å². The molecule has 5 nitrogen and oxygen atoms in total. The molecule has 132 valence electrons. The predicted molar refractivity (Wildman–Crippen MR) is 103 cm³/mol. The van der Waals surface area contributed by atoms with Gasteiger partial charge >= 0.3 is 0 Å². The number of nitrogens with one attached hydrogen (secondary N) is 2. The van der Waals surface area contributed by atoms with E-state index >= 15 is 0 Å². The number of rotatable bonds is 5. The van der Waals surface area contributed by atoms with Gasteiger partial charge in [-0.1, -0.05) is 41.0 Å². The van der Waals surface area contributed by atoms with Gasteiger partial charge in [-0.2, -0.15) is 0 Å². The molecule has 0 unspecified atom stereocenters. The molecular weight excluding hydrogens is 379 g/mol. The largest absolute Gasteiger partial charge is 0.511 e. The van der Waals surface area contributed by atoms with Crippen molar-refractivity contribution in [3.8, 4) is 0 Å². The van der Waals surface area contributed by atoms with Crippen molar-refractivity contribution in [1.82, 2.24) is 15.3 Å². The summed E-state index contributed by atoms with van der Waals surface area (Å²) in [4.78, 5) is 9.86. The van der Waals surface area contributed by atoms with E-state index in [1.165, 1.54) is 11.8 Å². The molecule has 2 aromatic rings. The van der Waals surface area contributed by atoms with Crippen molar-refractivity contribution < 1.29 is 5.11 Å². The maximum absolute atomic E-state index is 9.87. The van der Waals surface area contributed by atoms with Crippen LogP contribution < -0.4 is 10.6 Å². The van der Waals surface area contributed by atoms with Gasteiger partial charge in [-0.05, 0) is 37.6 Å². The van der Waals surface area contributed by atoms with Gasteiger partial charge in [-0.25, -0.2) is 9.97 Å². The van der Waals surface area contributed by atoms with Gasteiger partial charge in [0.1, 0.15) is 16.6 Å². The lowest BCUT2D eigenvalue weighted by atomic mass is 10.1. The van der Waals surface area contributed by atoms with Crippen molar-refractivity contribution in [1.29, 1.82) is 0 Å². The second kappa shape index (κ2) is 8.27. The number of aryl methyl sites for hydroxylation is 1. The van der Waals surface area contributed by atoms with E-state index in [1.807, 2.05) is 19.1 Å². The van der Waals surface area contributed by atoms with Gasteiger partial charge in [0, 0.05) is 11.4 Å². The molecule has 0 fully saturated rings. The van der Waals surface area contributed by atoms with Crippen LogP contribution in [0.2, 0.25) is 10.0 Å². The van der Waals surface area contributed by atoms with Gasteiger partial charge in [-0.15, -0.1) is 0 Å². The Morgan fingerprint density at radius 2 is 2.20 bits per heavy atom. The van der Waals surface area contributed by atoms with Gasteiger partial charge < -0.3 is 15.7 Å². The minimum absolute atomic E-state index is 0.409. The van der Waals surface area contributed by atoms with E-state index in [4.69, 9.17) is 23.2 Å². The smallest absolute Gasteiger partial charge is 0.145 e. The molecule has 1 aliphatic rings. The first kappa shape index (κ1) is 18.3. The second-order valence-electron chi connectivity index (χ2n) is 5.63. The van der Waals surface area contributed by atoms with Crippen LogP contribution in [0.4, 0.5) is 5.82 Å². The van der Waals surface area contributed by atoms with Gasteiger partial charge in [-0.3, -0.25) is 0 Å². The van der Waals surface area contributed by atoms with E-state index in [9.17, 15) is 5.11 Å². The molecule has 1 aromatic carbocycles. The number of aliphatic hydroxyl groups excluding tert-OH is 1. The zero-order valence-electron chi connectivity index (χ0n) is 13.6. The Kier molecular flexibility index (Phi) is 6.06. The average Bonchev–Trinajstić information content (AvgIpc) is 2.60. The van der Waals surface area contributed by atoms with Crippen molar-refractivity contribution in [2.24, 2.45) is 0 Å². The first-order valence-electron chi connectivity index (χ1n) is 7.84. The quantitative estimate of drug-likeness (QED) is 0.692. The lowest BCUT2D eigenvalue weighted by molar-refractivity contribution is 0.366. The summed E-state index contributed by atoms with van der Waals surface area (Å²) in [5, 5.41) is 18.0. The van der Waals surface area contributed by atoms with Crippen molar-refractivity contribution >= 4 is 40.8 Å². The van der Waals surface area contributed by atoms with Crippen molar-refractivity contribution in [3.63, 3.8) is 0 Å². The van der Waals surface area contributed by atoms with Crippen LogP contribution in [0, 0.1) is 6.92 Å². The molecule has 3 rings (SSSR count). The average molecular weight is 397 g/mol. The third kappa shape index (κ3) is 4.58. The fourth-order valence-corrected chi connectivity index (χ4v) is 3.75. The van der Waals surface area contributed by atoms with Crippen LogP contribution in [0.15, 0.2) is 45.6 Å². The molecular formula is C17H18Cl2N4OS. The number of aromatic nitrogens is 2. The normalized spacial score (nSPS) is 14.7. The molecule has 8 heteroatoms. The predicted octanol–water partition coefficient (Wildman–Crippen LogP) is 4.46. The van der Waals surface area contributed by atoms with E-state index < -0.39 is 0 Å². The Morgan fingerprint density at radius 1 is 1.36 bits per heavy atom. The highest BCUT2D eigenvalue weighted by Crippen LogP contribution is 2.37. The third-order valence-electron chi connectivity index (χ3n) is 3.81. The third-order valence-corrected chi connectivity index (χ3v) is 5.90. The molecule has 0 bridgehead atoms. The van der Waals surface area contributed by atoms with Crippen molar-refractivity contribution in [2.75, 3.05) is 25.0 Å². The molecule has 1 aliphatic heterocycles. The fraction of sp³-hybridized carbons (Fsp3) is 0.294. The van der Waals surface area contributed by atoms with Crippen molar-refractivity contribution in [2.45, 2.75) is 23.3 Å². The Bertz CT molecular complexity index is 813. The number of nitrogens with zero attached hydrogens (tertiary/aromatic N) is 2. The van der Waals surface area contributed by atoms with Crippen LogP contribution >= 0.6 is 35.0 Å². The van der Waals surface area contributed by atoms with Crippen LogP contribution in [-0.2, 0) is 0 Å². The Hall–Kier alpha value is -1.47. The number of hydrogen-bond donors (Lipinski definition) is 3. The number of benzene rings is 1. The van der Waals surface area contributed by atoms with Gasteiger partial charge in [0.05, 0.1) is 28.5 Å². The summed E-state index contributed by atoms with van der Waals surface area (Å²) in [7, 11) is 0. The minimum atomic E-state index is 0.409. The molecule has 25 heavy (non-hydrogen) atoms. The van der Waals surface area contributed by atoms with Crippen LogP contribution in [0.25, 0.3) is 0 Å². The number of anilines is 1. The van der Waals surface area contributed by atoms with E-state index in [0.29, 0.717) is 34.7 Å². The second-order valence-corrected chi connectivity index (χ2v) is 7.45. The molecule has 2 heterocycles. The summed E-state index contributed by atoms with van der Waals surface area (Å²) < 4.78 is 0. The highest BCUT2D eigenvalue weighted by atomic mass is 35.5. The first-order valence-corrected chi connectivity index (χ1v) is 9.42.